The second-order valence-corrected chi connectivity index (χ2v) is 9.43. The van der Waals surface area contributed by atoms with Crippen molar-refractivity contribution in [1.29, 1.82) is 0 Å². The number of ketones is 2. The van der Waals surface area contributed by atoms with Gasteiger partial charge in [0.25, 0.3) is 0 Å². The Bertz CT molecular complexity index is 895. The zero-order chi connectivity index (χ0) is 21.3. The van der Waals surface area contributed by atoms with Gasteiger partial charge in [-0.15, -0.1) is 0 Å². The van der Waals surface area contributed by atoms with Gasteiger partial charge < -0.3 is 14.4 Å². The maximum Gasteiger partial charge on any atom is 0.231 e. The molecular weight excluding hydrogens is 378 g/mol. The van der Waals surface area contributed by atoms with Crippen molar-refractivity contribution in [2.45, 2.75) is 59.3 Å². The van der Waals surface area contributed by atoms with Crippen LogP contribution in [-0.4, -0.2) is 36.3 Å². The molecule has 2 aliphatic heterocycles. The van der Waals surface area contributed by atoms with Crippen LogP contribution < -0.4 is 9.47 Å². The van der Waals surface area contributed by atoms with Gasteiger partial charge in [-0.25, -0.2) is 0 Å². The fourth-order valence-corrected chi connectivity index (χ4v) is 4.75. The summed E-state index contributed by atoms with van der Waals surface area (Å²) in [6.07, 6.45) is 7.45. The van der Waals surface area contributed by atoms with Crippen LogP contribution >= 0.6 is 0 Å². The molecule has 160 valence electrons. The van der Waals surface area contributed by atoms with Gasteiger partial charge in [-0.2, -0.15) is 0 Å². The molecule has 0 N–H and O–H groups in total. The van der Waals surface area contributed by atoms with E-state index in [-0.39, 0.29) is 23.8 Å². The molecule has 4 rings (SSSR count). The first-order chi connectivity index (χ1) is 14.3. The van der Waals surface area contributed by atoms with E-state index in [9.17, 15) is 9.59 Å². The third-order valence-electron chi connectivity index (χ3n) is 6.15. The summed E-state index contributed by atoms with van der Waals surface area (Å²) in [6, 6.07) is 5.83. The van der Waals surface area contributed by atoms with E-state index in [1.54, 1.807) is 0 Å². The maximum atomic E-state index is 13.1. The van der Waals surface area contributed by atoms with Crippen LogP contribution in [0.1, 0.15) is 64.9 Å². The summed E-state index contributed by atoms with van der Waals surface area (Å²) in [4.78, 5) is 28.5. The monoisotopic (exact) mass is 409 g/mol. The Hall–Kier alpha value is -2.56. The van der Waals surface area contributed by atoms with E-state index in [0.717, 1.165) is 54.3 Å². The molecule has 0 aromatic heterocycles. The predicted molar refractivity (Wildman–Crippen MR) is 116 cm³/mol. The molecule has 1 aromatic carbocycles. The van der Waals surface area contributed by atoms with E-state index < -0.39 is 0 Å². The molecule has 0 unspecified atom stereocenters. The van der Waals surface area contributed by atoms with Crippen LogP contribution in [0.15, 0.2) is 35.0 Å². The highest BCUT2D eigenvalue weighted by atomic mass is 16.7. The first-order valence-electron chi connectivity index (χ1n) is 11.0. The number of Topliss-reactive ketones (excluding diaryl/α,β-unsaturated/α-hetero) is 2. The molecule has 1 aromatic rings. The van der Waals surface area contributed by atoms with Crippen LogP contribution in [0.3, 0.4) is 0 Å². The number of allylic oxidation sites excluding steroid dienone is 2. The van der Waals surface area contributed by atoms with E-state index in [1.807, 2.05) is 39.0 Å². The Morgan fingerprint density at radius 1 is 0.967 bits per heavy atom. The normalized spacial score (nSPS) is 21.6. The minimum absolute atomic E-state index is 0.0195. The van der Waals surface area contributed by atoms with E-state index in [4.69, 9.17) is 9.47 Å². The third kappa shape index (κ3) is 4.30. The minimum atomic E-state index is -0.267. The number of likely N-dealkylation sites (tertiary alicyclic amines) is 1. The summed E-state index contributed by atoms with van der Waals surface area (Å²) < 4.78 is 10.9. The van der Waals surface area contributed by atoms with Gasteiger partial charge in [0.15, 0.2) is 23.1 Å². The van der Waals surface area contributed by atoms with Crippen molar-refractivity contribution in [1.82, 2.24) is 4.90 Å². The Morgan fingerprint density at radius 3 is 2.27 bits per heavy atom. The van der Waals surface area contributed by atoms with Crippen LogP contribution in [0.25, 0.3) is 6.08 Å². The predicted octanol–water partition coefficient (Wildman–Crippen LogP) is 4.91. The number of fused-ring (bicyclic) bond motifs is 1. The lowest BCUT2D eigenvalue weighted by Crippen LogP contribution is -2.36. The molecular formula is C25H31NO4. The lowest BCUT2D eigenvalue weighted by atomic mass is 9.73. The summed E-state index contributed by atoms with van der Waals surface area (Å²) in [5.74, 6) is 1.44. The van der Waals surface area contributed by atoms with Crippen LogP contribution in [0.5, 0.6) is 11.5 Å². The van der Waals surface area contributed by atoms with Gasteiger partial charge in [-0.1, -0.05) is 32.8 Å². The number of hydrogen-bond acceptors (Lipinski definition) is 5. The molecule has 0 amide bonds. The molecule has 0 atom stereocenters. The molecule has 2 fully saturated rings. The van der Waals surface area contributed by atoms with Crippen molar-refractivity contribution in [3.8, 4) is 11.5 Å². The average molecular weight is 410 g/mol. The molecule has 1 saturated heterocycles. The first kappa shape index (κ1) is 20.7. The molecule has 1 saturated carbocycles. The molecule has 0 radical (unpaired) electrons. The largest absolute Gasteiger partial charge is 0.454 e. The lowest BCUT2D eigenvalue weighted by Gasteiger charge is -2.34. The summed E-state index contributed by atoms with van der Waals surface area (Å²) in [7, 11) is 0. The Labute approximate surface area is 178 Å². The molecule has 1 aliphatic carbocycles. The molecule has 0 spiro atoms. The number of hydrogen-bond donors (Lipinski definition) is 0. The average Bonchev–Trinajstić information content (AvgIpc) is 2.96. The summed E-state index contributed by atoms with van der Waals surface area (Å²) in [6.45, 7) is 8.02. The quantitative estimate of drug-likeness (QED) is 0.525. The van der Waals surface area contributed by atoms with Crippen LogP contribution in [0.4, 0.5) is 0 Å². The number of nitrogens with zero attached hydrogens (tertiary/aromatic N) is 1. The number of carbonyl (C=O) groups is 2. The van der Waals surface area contributed by atoms with Gasteiger partial charge in [0.2, 0.25) is 6.79 Å². The number of carbonyl (C=O) groups excluding carboxylic acids is 2. The number of benzene rings is 1. The van der Waals surface area contributed by atoms with Crippen molar-refractivity contribution in [2.24, 2.45) is 5.41 Å². The molecule has 5 nitrogen and oxygen atoms in total. The molecule has 5 heteroatoms. The van der Waals surface area contributed by atoms with E-state index in [1.165, 1.54) is 12.8 Å². The maximum absolute atomic E-state index is 13.1. The van der Waals surface area contributed by atoms with E-state index in [2.05, 4.69) is 11.0 Å². The number of ether oxygens (including phenoxy) is 2. The minimum Gasteiger partial charge on any atom is -0.454 e. The van der Waals surface area contributed by atoms with Crippen molar-refractivity contribution in [2.75, 3.05) is 19.9 Å². The molecule has 2 heterocycles. The van der Waals surface area contributed by atoms with Gasteiger partial charge >= 0.3 is 0 Å². The topological polar surface area (TPSA) is 55.8 Å². The highest BCUT2D eigenvalue weighted by molar-refractivity contribution is 6.23. The second-order valence-electron chi connectivity index (χ2n) is 9.43. The first-order valence-corrected chi connectivity index (χ1v) is 11.0. The van der Waals surface area contributed by atoms with Gasteiger partial charge in [0.05, 0.1) is 11.3 Å². The van der Waals surface area contributed by atoms with Crippen molar-refractivity contribution in [3.05, 3.63) is 40.6 Å². The third-order valence-corrected chi connectivity index (χ3v) is 6.15. The highest BCUT2D eigenvalue weighted by Crippen LogP contribution is 2.38. The van der Waals surface area contributed by atoms with Crippen molar-refractivity contribution in [3.63, 3.8) is 0 Å². The van der Waals surface area contributed by atoms with Crippen LogP contribution in [-0.2, 0) is 9.59 Å². The van der Waals surface area contributed by atoms with Crippen LogP contribution in [0, 0.1) is 5.41 Å². The zero-order valence-corrected chi connectivity index (χ0v) is 18.3. The molecule has 3 aliphatic rings. The Morgan fingerprint density at radius 2 is 1.60 bits per heavy atom. The van der Waals surface area contributed by atoms with Gasteiger partial charge in [0.1, 0.15) is 0 Å². The fraction of sp³-hybridized carbons (Fsp3) is 0.520. The lowest BCUT2D eigenvalue weighted by molar-refractivity contribution is -0.127. The van der Waals surface area contributed by atoms with E-state index >= 15 is 0 Å². The van der Waals surface area contributed by atoms with Crippen LogP contribution in [0.2, 0.25) is 0 Å². The zero-order valence-electron chi connectivity index (χ0n) is 18.3. The molecule has 0 bridgehead atoms. The Kier molecular flexibility index (Phi) is 5.72. The van der Waals surface area contributed by atoms with Gasteiger partial charge in [-0.05, 0) is 54.5 Å². The van der Waals surface area contributed by atoms with Gasteiger partial charge in [0, 0.05) is 25.9 Å². The summed E-state index contributed by atoms with van der Waals surface area (Å²) >= 11 is 0. The fourth-order valence-electron chi connectivity index (χ4n) is 4.75. The van der Waals surface area contributed by atoms with Crippen molar-refractivity contribution >= 4 is 17.6 Å². The van der Waals surface area contributed by atoms with Crippen molar-refractivity contribution < 1.29 is 19.1 Å². The Balaban J connectivity index is 1.77. The smallest absolute Gasteiger partial charge is 0.231 e. The van der Waals surface area contributed by atoms with E-state index in [0.29, 0.717) is 18.4 Å². The summed E-state index contributed by atoms with van der Waals surface area (Å²) in [5, 5.41) is 0. The SMILES string of the molecule is C/C(=C\c1ccc2c(c1)OCO2)C(=C1C(=O)CC(C)(C)CC1=O)N1CCCCCC1. The number of rotatable bonds is 3. The standard InChI is InChI=1S/C25H31NO4/c1-17(12-18-8-9-21-22(13-18)30-16-29-21)24(26-10-6-4-5-7-11-26)23-19(27)14-25(2,3)15-20(23)28/h8-9,12-13H,4-7,10-11,14-16H2,1-3H3/b17-12+. The van der Waals surface area contributed by atoms with Gasteiger partial charge in [-0.3, -0.25) is 9.59 Å². The molecule has 30 heavy (non-hydrogen) atoms. The highest BCUT2D eigenvalue weighted by Gasteiger charge is 2.38. The summed E-state index contributed by atoms with van der Waals surface area (Å²) in [5.41, 5.74) is 2.90. The second kappa shape index (κ2) is 8.29.